The van der Waals surface area contributed by atoms with E-state index in [-0.39, 0.29) is 17.9 Å². The lowest BCUT2D eigenvalue weighted by Crippen LogP contribution is -2.29. The van der Waals surface area contributed by atoms with Crippen LogP contribution in [0.2, 0.25) is 0 Å². The van der Waals surface area contributed by atoms with Crippen molar-refractivity contribution in [1.82, 2.24) is 5.32 Å². The molecule has 2 atom stereocenters. The second-order valence-electron chi connectivity index (χ2n) is 5.91. The van der Waals surface area contributed by atoms with Crippen LogP contribution in [0, 0.1) is 19.8 Å². The van der Waals surface area contributed by atoms with Gasteiger partial charge in [0.15, 0.2) is 5.76 Å². The summed E-state index contributed by atoms with van der Waals surface area (Å²) in [6, 6.07) is 5.90. The van der Waals surface area contributed by atoms with E-state index in [1.165, 1.54) is 0 Å². The highest BCUT2D eigenvalue weighted by Gasteiger charge is 2.19. The third kappa shape index (κ3) is 3.45. The van der Waals surface area contributed by atoms with Gasteiger partial charge in [0.05, 0.1) is 6.10 Å². The van der Waals surface area contributed by atoms with Crippen molar-refractivity contribution in [2.75, 3.05) is 6.54 Å². The number of carbonyl (C=O) groups excluding carboxylic acids is 1. The molecule has 0 fully saturated rings. The van der Waals surface area contributed by atoms with Crippen molar-refractivity contribution >= 4 is 16.9 Å². The smallest absolute Gasteiger partial charge is 0.287 e. The summed E-state index contributed by atoms with van der Waals surface area (Å²) in [5, 5.41) is 13.2. The van der Waals surface area contributed by atoms with Crippen molar-refractivity contribution in [3.05, 3.63) is 35.1 Å². The molecule has 1 heterocycles. The minimum absolute atomic E-state index is 0.194. The Morgan fingerprint density at radius 2 is 2.05 bits per heavy atom. The van der Waals surface area contributed by atoms with Crippen LogP contribution in [0.5, 0.6) is 0 Å². The van der Waals surface area contributed by atoms with Gasteiger partial charge < -0.3 is 14.8 Å². The number of amides is 1. The summed E-state index contributed by atoms with van der Waals surface area (Å²) in [7, 11) is 0. The standard InChI is InChI=1S/C17H23NO3/c1-10(8-12(3)19)9-18-17(20)16-13(4)14-7-5-6-11(2)15(14)21-16/h5-7,10,12,19H,8-9H2,1-4H3,(H,18,20). The van der Waals surface area contributed by atoms with E-state index < -0.39 is 0 Å². The van der Waals surface area contributed by atoms with E-state index in [0.29, 0.717) is 18.7 Å². The van der Waals surface area contributed by atoms with Gasteiger partial charge in [-0.2, -0.15) is 0 Å². The second kappa shape index (κ2) is 6.31. The molecule has 0 radical (unpaired) electrons. The number of benzene rings is 1. The van der Waals surface area contributed by atoms with Crippen LogP contribution in [0.25, 0.3) is 11.0 Å². The maximum absolute atomic E-state index is 12.3. The number of aryl methyl sites for hydroxylation is 2. The zero-order valence-electron chi connectivity index (χ0n) is 13.1. The first-order valence-corrected chi connectivity index (χ1v) is 7.35. The lowest BCUT2D eigenvalue weighted by molar-refractivity contribution is 0.0913. The van der Waals surface area contributed by atoms with Gasteiger partial charge in [0, 0.05) is 17.5 Å². The van der Waals surface area contributed by atoms with Crippen LogP contribution >= 0.6 is 0 Å². The monoisotopic (exact) mass is 289 g/mol. The van der Waals surface area contributed by atoms with Crippen LogP contribution in [0.4, 0.5) is 0 Å². The molecule has 2 N–H and O–H groups in total. The average Bonchev–Trinajstić information content (AvgIpc) is 2.75. The van der Waals surface area contributed by atoms with Gasteiger partial charge >= 0.3 is 0 Å². The molecule has 2 aromatic rings. The molecule has 4 nitrogen and oxygen atoms in total. The number of aliphatic hydroxyl groups is 1. The number of para-hydroxylation sites is 1. The zero-order chi connectivity index (χ0) is 15.6. The highest BCUT2D eigenvalue weighted by molar-refractivity contribution is 5.99. The van der Waals surface area contributed by atoms with E-state index in [0.717, 1.165) is 22.1 Å². The van der Waals surface area contributed by atoms with E-state index in [9.17, 15) is 9.90 Å². The molecule has 21 heavy (non-hydrogen) atoms. The van der Waals surface area contributed by atoms with Gasteiger partial charge in [0.25, 0.3) is 5.91 Å². The quantitative estimate of drug-likeness (QED) is 0.888. The number of hydrogen-bond acceptors (Lipinski definition) is 3. The number of rotatable bonds is 5. The number of carbonyl (C=O) groups is 1. The molecule has 0 saturated carbocycles. The molecule has 1 aromatic carbocycles. The molecular formula is C17H23NO3. The molecule has 0 aliphatic carbocycles. The first-order valence-electron chi connectivity index (χ1n) is 7.35. The molecule has 2 unspecified atom stereocenters. The van der Waals surface area contributed by atoms with Crippen molar-refractivity contribution in [1.29, 1.82) is 0 Å². The van der Waals surface area contributed by atoms with E-state index in [4.69, 9.17) is 4.42 Å². The van der Waals surface area contributed by atoms with Crippen molar-refractivity contribution in [3.63, 3.8) is 0 Å². The van der Waals surface area contributed by atoms with Crippen molar-refractivity contribution in [2.24, 2.45) is 5.92 Å². The Hall–Kier alpha value is -1.81. The first-order chi connectivity index (χ1) is 9.90. The maximum atomic E-state index is 12.3. The van der Waals surface area contributed by atoms with E-state index >= 15 is 0 Å². The van der Waals surface area contributed by atoms with Crippen molar-refractivity contribution in [2.45, 2.75) is 40.2 Å². The summed E-state index contributed by atoms with van der Waals surface area (Å²) in [6.45, 7) is 8.16. The summed E-state index contributed by atoms with van der Waals surface area (Å²) in [6.07, 6.45) is 0.311. The van der Waals surface area contributed by atoms with Gasteiger partial charge in [0.2, 0.25) is 0 Å². The van der Waals surface area contributed by atoms with Gasteiger partial charge in [-0.1, -0.05) is 25.1 Å². The normalized spacial score (nSPS) is 14.1. The SMILES string of the molecule is Cc1c(C(=O)NCC(C)CC(C)O)oc2c(C)cccc12. The number of hydrogen-bond donors (Lipinski definition) is 2. The molecule has 0 saturated heterocycles. The van der Waals surface area contributed by atoms with Crippen LogP contribution < -0.4 is 5.32 Å². The molecule has 0 spiro atoms. The third-order valence-electron chi connectivity index (χ3n) is 3.72. The van der Waals surface area contributed by atoms with E-state index in [2.05, 4.69) is 5.32 Å². The first kappa shape index (κ1) is 15.6. The molecule has 0 aliphatic heterocycles. The number of fused-ring (bicyclic) bond motifs is 1. The Balaban J connectivity index is 2.13. The Morgan fingerprint density at radius 1 is 1.33 bits per heavy atom. The number of aliphatic hydroxyl groups excluding tert-OH is 1. The molecule has 1 aromatic heterocycles. The highest BCUT2D eigenvalue weighted by Crippen LogP contribution is 2.27. The largest absolute Gasteiger partial charge is 0.450 e. The Kier molecular flexibility index (Phi) is 4.68. The van der Waals surface area contributed by atoms with Crippen LogP contribution in [-0.2, 0) is 0 Å². The van der Waals surface area contributed by atoms with Crippen molar-refractivity contribution < 1.29 is 14.3 Å². The fourth-order valence-corrected chi connectivity index (χ4v) is 2.61. The van der Waals surface area contributed by atoms with Crippen molar-refractivity contribution in [3.8, 4) is 0 Å². The van der Waals surface area contributed by atoms with Crippen LogP contribution in [-0.4, -0.2) is 23.7 Å². The van der Waals surface area contributed by atoms with Gasteiger partial charge in [-0.3, -0.25) is 4.79 Å². The molecule has 4 heteroatoms. The third-order valence-corrected chi connectivity index (χ3v) is 3.72. The van der Waals surface area contributed by atoms with Gasteiger partial charge in [-0.15, -0.1) is 0 Å². The topological polar surface area (TPSA) is 62.5 Å². The molecule has 0 bridgehead atoms. The summed E-state index contributed by atoms with van der Waals surface area (Å²) < 4.78 is 5.74. The second-order valence-corrected chi connectivity index (χ2v) is 5.91. The molecule has 114 valence electrons. The maximum Gasteiger partial charge on any atom is 0.287 e. The van der Waals surface area contributed by atoms with Gasteiger partial charge in [0.1, 0.15) is 5.58 Å². The highest BCUT2D eigenvalue weighted by atomic mass is 16.3. The Morgan fingerprint density at radius 3 is 2.67 bits per heavy atom. The zero-order valence-corrected chi connectivity index (χ0v) is 13.1. The van der Waals surface area contributed by atoms with Crippen LogP contribution in [0.3, 0.4) is 0 Å². The van der Waals surface area contributed by atoms with Gasteiger partial charge in [-0.25, -0.2) is 0 Å². The Labute approximate surface area is 125 Å². The summed E-state index contributed by atoms with van der Waals surface area (Å²) in [5.74, 6) is 0.407. The summed E-state index contributed by atoms with van der Waals surface area (Å²) in [5.41, 5.74) is 2.67. The number of nitrogens with one attached hydrogen (secondary N) is 1. The molecule has 2 rings (SSSR count). The summed E-state index contributed by atoms with van der Waals surface area (Å²) in [4.78, 5) is 12.3. The molecular weight excluding hydrogens is 266 g/mol. The van der Waals surface area contributed by atoms with E-state index in [1.54, 1.807) is 6.92 Å². The fraction of sp³-hybridized carbons (Fsp3) is 0.471. The fourth-order valence-electron chi connectivity index (χ4n) is 2.61. The minimum Gasteiger partial charge on any atom is -0.450 e. The predicted molar refractivity (Wildman–Crippen MR) is 83.5 cm³/mol. The summed E-state index contributed by atoms with van der Waals surface area (Å²) >= 11 is 0. The lowest BCUT2D eigenvalue weighted by atomic mass is 10.0. The Bertz CT molecular complexity index is 643. The van der Waals surface area contributed by atoms with Gasteiger partial charge in [-0.05, 0) is 38.7 Å². The minimum atomic E-state index is -0.354. The molecule has 1 amide bonds. The lowest BCUT2D eigenvalue weighted by Gasteiger charge is -2.13. The number of furan rings is 1. The molecule has 0 aliphatic rings. The van der Waals surface area contributed by atoms with Crippen LogP contribution in [0.1, 0.15) is 41.9 Å². The van der Waals surface area contributed by atoms with E-state index in [1.807, 2.05) is 39.0 Å². The van der Waals surface area contributed by atoms with Crippen LogP contribution in [0.15, 0.2) is 22.6 Å². The average molecular weight is 289 g/mol. The predicted octanol–water partition coefficient (Wildman–Crippen LogP) is 3.19.